The highest BCUT2D eigenvalue weighted by molar-refractivity contribution is 6.46. The van der Waals surface area contributed by atoms with Crippen molar-refractivity contribution in [3.63, 3.8) is 0 Å². The first-order valence-electron chi connectivity index (χ1n) is 11.3. The van der Waals surface area contributed by atoms with Gasteiger partial charge in [0, 0.05) is 11.3 Å². The number of ether oxygens (including phenoxy) is 2. The Hall–Kier alpha value is -4.06. The summed E-state index contributed by atoms with van der Waals surface area (Å²) in [5.74, 6) is 0.768. The first kappa shape index (κ1) is 23.1. The number of imide groups is 1. The second-order valence-corrected chi connectivity index (χ2v) is 8.22. The Morgan fingerprint density at radius 2 is 1.56 bits per heavy atom. The lowest BCUT2D eigenvalue weighted by Gasteiger charge is -2.17. The molecule has 3 aromatic rings. The molecule has 1 heterocycles. The number of methoxy groups -OCH3 is 1. The lowest BCUT2D eigenvalue weighted by Crippen LogP contribution is -2.32. The molecule has 0 unspecified atom stereocenters. The first-order valence-corrected chi connectivity index (χ1v) is 11.3. The molecule has 0 aliphatic carbocycles. The van der Waals surface area contributed by atoms with E-state index in [4.69, 9.17) is 9.47 Å². The van der Waals surface area contributed by atoms with E-state index in [2.05, 4.69) is 19.2 Å². The van der Waals surface area contributed by atoms with E-state index in [-0.39, 0.29) is 11.3 Å². The van der Waals surface area contributed by atoms with Crippen molar-refractivity contribution in [2.24, 2.45) is 0 Å². The van der Waals surface area contributed by atoms with Gasteiger partial charge in [0.2, 0.25) is 0 Å². The highest BCUT2D eigenvalue weighted by Crippen LogP contribution is 2.37. The average Bonchev–Trinajstić information content (AvgIpc) is 3.09. The van der Waals surface area contributed by atoms with E-state index in [9.17, 15) is 9.59 Å². The molecular formula is C28H28N2O4. The van der Waals surface area contributed by atoms with Gasteiger partial charge in [0.25, 0.3) is 11.8 Å². The summed E-state index contributed by atoms with van der Waals surface area (Å²) in [6.07, 6.45) is 0. The Labute approximate surface area is 199 Å². The monoisotopic (exact) mass is 456 g/mol. The van der Waals surface area contributed by atoms with Crippen molar-refractivity contribution in [1.29, 1.82) is 0 Å². The fraction of sp³-hybridized carbons (Fsp3) is 0.214. The SMILES string of the molecule is CCOc1ccc(NC2=C(c3ccccc3OC)C(=O)N(c3ccc(C(C)C)cc3)C2=O)cc1. The zero-order chi connectivity index (χ0) is 24.2. The topological polar surface area (TPSA) is 67.9 Å². The average molecular weight is 457 g/mol. The molecule has 0 radical (unpaired) electrons. The summed E-state index contributed by atoms with van der Waals surface area (Å²) >= 11 is 0. The van der Waals surface area contributed by atoms with Gasteiger partial charge in [0.1, 0.15) is 17.2 Å². The van der Waals surface area contributed by atoms with E-state index in [1.165, 1.54) is 4.90 Å². The summed E-state index contributed by atoms with van der Waals surface area (Å²) in [6.45, 7) is 6.68. The molecule has 1 N–H and O–H groups in total. The molecule has 0 atom stereocenters. The minimum atomic E-state index is -0.419. The predicted molar refractivity (Wildman–Crippen MR) is 134 cm³/mol. The van der Waals surface area contributed by atoms with Crippen molar-refractivity contribution in [3.05, 3.63) is 89.6 Å². The molecule has 3 aromatic carbocycles. The molecule has 2 amide bonds. The van der Waals surface area contributed by atoms with Crippen LogP contribution in [0.5, 0.6) is 11.5 Å². The Morgan fingerprint density at radius 1 is 0.882 bits per heavy atom. The van der Waals surface area contributed by atoms with Gasteiger partial charge in [-0.15, -0.1) is 0 Å². The van der Waals surface area contributed by atoms with Crippen molar-refractivity contribution >= 4 is 28.8 Å². The molecule has 0 saturated carbocycles. The van der Waals surface area contributed by atoms with Gasteiger partial charge in [-0.1, -0.05) is 44.2 Å². The van der Waals surface area contributed by atoms with Gasteiger partial charge in [-0.05, 0) is 60.9 Å². The third-order valence-corrected chi connectivity index (χ3v) is 5.71. The number of para-hydroxylation sites is 1. The minimum absolute atomic E-state index is 0.201. The van der Waals surface area contributed by atoms with E-state index < -0.39 is 11.8 Å². The molecule has 0 aromatic heterocycles. The lowest BCUT2D eigenvalue weighted by atomic mass is 10.0. The number of anilines is 2. The van der Waals surface area contributed by atoms with E-state index in [1.54, 1.807) is 19.2 Å². The van der Waals surface area contributed by atoms with Crippen LogP contribution < -0.4 is 19.7 Å². The summed E-state index contributed by atoms with van der Waals surface area (Å²) in [4.78, 5) is 28.5. The molecule has 0 bridgehead atoms. The number of rotatable bonds is 8. The van der Waals surface area contributed by atoms with Crippen LogP contribution in [0.25, 0.3) is 5.57 Å². The van der Waals surface area contributed by atoms with Crippen LogP contribution in [-0.4, -0.2) is 25.5 Å². The van der Waals surface area contributed by atoms with Gasteiger partial charge in [0.15, 0.2) is 0 Å². The zero-order valence-corrected chi connectivity index (χ0v) is 19.8. The Bertz CT molecular complexity index is 1230. The van der Waals surface area contributed by atoms with Gasteiger partial charge < -0.3 is 14.8 Å². The van der Waals surface area contributed by atoms with Gasteiger partial charge >= 0.3 is 0 Å². The van der Waals surface area contributed by atoms with Crippen molar-refractivity contribution in [2.45, 2.75) is 26.7 Å². The minimum Gasteiger partial charge on any atom is -0.496 e. The standard InChI is InChI=1S/C28H28N2O4/c1-5-34-22-16-12-20(13-17-22)29-26-25(23-8-6-7-9-24(23)33-4)27(31)30(28(26)32)21-14-10-19(11-15-21)18(2)3/h6-18,29H,5H2,1-4H3. The summed E-state index contributed by atoms with van der Waals surface area (Å²) in [7, 11) is 1.54. The number of amides is 2. The maximum Gasteiger partial charge on any atom is 0.282 e. The van der Waals surface area contributed by atoms with Crippen molar-refractivity contribution < 1.29 is 19.1 Å². The van der Waals surface area contributed by atoms with Crippen LogP contribution in [0.1, 0.15) is 37.8 Å². The zero-order valence-electron chi connectivity index (χ0n) is 19.8. The molecule has 6 nitrogen and oxygen atoms in total. The van der Waals surface area contributed by atoms with E-state index in [1.807, 2.05) is 67.6 Å². The smallest absolute Gasteiger partial charge is 0.282 e. The van der Waals surface area contributed by atoms with Crippen LogP contribution in [0.2, 0.25) is 0 Å². The highest BCUT2D eigenvalue weighted by atomic mass is 16.5. The molecule has 34 heavy (non-hydrogen) atoms. The first-order chi connectivity index (χ1) is 16.4. The van der Waals surface area contributed by atoms with Gasteiger partial charge in [-0.2, -0.15) is 0 Å². The maximum atomic E-state index is 13.7. The van der Waals surface area contributed by atoms with Crippen LogP contribution in [-0.2, 0) is 9.59 Å². The highest BCUT2D eigenvalue weighted by Gasteiger charge is 2.41. The molecule has 0 fully saturated rings. The Morgan fingerprint density at radius 3 is 2.18 bits per heavy atom. The number of carbonyl (C=O) groups excluding carboxylic acids is 2. The van der Waals surface area contributed by atoms with Gasteiger partial charge in [-0.3, -0.25) is 9.59 Å². The summed E-state index contributed by atoms with van der Waals surface area (Å²) in [5, 5.41) is 3.18. The number of nitrogens with one attached hydrogen (secondary N) is 1. The number of carbonyl (C=O) groups is 2. The fourth-order valence-corrected chi connectivity index (χ4v) is 3.94. The van der Waals surface area contributed by atoms with Crippen molar-refractivity contribution in [2.75, 3.05) is 23.9 Å². The quantitative estimate of drug-likeness (QED) is 0.446. The van der Waals surface area contributed by atoms with Crippen LogP contribution in [0.15, 0.2) is 78.5 Å². The van der Waals surface area contributed by atoms with Gasteiger partial charge in [0.05, 0.1) is 25.0 Å². The summed E-state index contributed by atoms with van der Waals surface area (Å²) < 4.78 is 11.0. The van der Waals surface area contributed by atoms with Gasteiger partial charge in [-0.25, -0.2) is 4.90 Å². The number of nitrogens with zero attached hydrogens (tertiary/aromatic N) is 1. The van der Waals surface area contributed by atoms with Crippen molar-refractivity contribution in [1.82, 2.24) is 0 Å². The van der Waals surface area contributed by atoms with E-state index >= 15 is 0 Å². The van der Waals surface area contributed by atoms with Crippen LogP contribution >= 0.6 is 0 Å². The largest absolute Gasteiger partial charge is 0.496 e. The maximum absolute atomic E-state index is 13.7. The lowest BCUT2D eigenvalue weighted by molar-refractivity contribution is -0.120. The molecule has 174 valence electrons. The molecule has 1 aliphatic rings. The number of hydrogen-bond acceptors (Lipinski definition) is 5. The van der Waals surface area contributed by atoms with E-state index in [0.29, 0.717) is 35.2 Å². The van der Waals surface area contributed by atoms with Crippen LogP contribution in [0.3, 0.4) is 0 Å². The number of hydrogen-bond donors (Lipinski definition) is 1. The van der Waals surface area contributed by atoms with Crippen LogP contribution in [0, 0.1) is 0 Å². The molecule has 4 rings (SSSR count). The molecule has 1 aliphatic heterocycles. The Balaban J connectivity index is 1.77. The molecular weight excluding hydrogens is 428 g/mol. The fourth-order valence-electron chi connectivity index (χ4n) is 3.94. The molecule has 6 heteroatoms. The number of benzene rings is 3. The Kier molecular flexibility index (Phi) is 6.68. The van der Waals surface area contributed by atoms with Crippen LogP contribution in [0.4, 0.5) is 11.4 Å². The second-order valence-electron chi connectivity index (χ2n) is 8.22. The predicted octanol–water partition coefficient (Wildman–Crippen LogP) is 5.61. The summed E-state index contributed by atoms with van der Waals surface area (Å²) in [5.41, 5.74) is 3.35. The molecule has 0 spiro atoms. The summed E-state index contributed by atoms with van der Waals surface area (Å²) in [6, 6.07) is 22.0. The second kappa shape index (κ2) is 9.83. The van der Waals surface area contributed by atoms with E-state index in [0.717, 1.165) is 11.3 Å². The normalized spacial score (nSPS) is 13.6. The van der Waals surface area contributed by atoms with Crippen molar-refractivity contribution in [3.8, 4) is 11.5 Å². The third-order valence-electron chi connectivity index (χ3n) is 5.71. The third kappa shape index (κ3) is 4.39. The molecule has 0 saturated heterocycles.